The highest BCUT2D eigenvalue weighted by atomic mass is 16.7. The number of rotatable bonds is 4. The number of methoxy groups -OCH3 is 1. The van der Waals surface area contributed by atoms with E-state index in [1.54, 1.807) is 13.3 Å². The minimum Gasteiger partial charge on any atom is -0.497 e. The first-order chi connectivity index (χ1) is 11.3. The summed E-state index contributed by atoms with van der Waals surface area (Å²) in [4.78, 5) is 4.33. The predicted octanol–water partition coefficient (Wildman–Crippen LogP) is 2.94. The quantitative estimate of drug-likeness (QED) is 0.807. The van der Waals surface area contributed by atoms with Gasteiger partial charge in [0.25, 0.3) is 0 Å². The first kappa shape index (κ1) is 17.1. The fourth-order valence-corrected chi connectivity index (χ4v) is 2.77. The van der Waals surface area contributed by atoms with E-state index in [0.717, 1.165) is 22.0 Å². The zero-order valence-electron chi connectivity index (χ0n) is 15.2. The maximum atomic E-state index is 6.18. The molecule has 6 heteroatoms. The summed E-state index contributed by atoms with van der Waals surface area (Å²) in [6, 6.07) is 5.91. The molecule has 0 aliphatic carbocycles. The third-order valence-corrected chi connectivity index (χ3v) is 4.87. The van der Waals surface area contributed by atoms with Gasteiger partial charge in [0.2, 0.25) is 5.88 Å². The maximum Gasteiger partial charge on any atom is 0.498 e. The number of pyridine rings is 1. The number of nitrogens with zero attached hydrogens (tertiary/aromatic N) is 1. The van der Waals surface area contributed by atoms with Crippen molar-refractivity contribution in [3.05, 3.63) is 24.4 Å². The molecule has 2 heterocycles. The monoisotopic (exact) mass is 329 g/mol. The van der Waals surface area contributed by atoms with Crippen LogP contribution in [0.5, 0.6) is 11.6 Å². The molecule has 0 unspecified atom stereocenters. The highest BCUT2D eigenvalue weighted by molar-refractivity contribution is 6.63. The largest absolute Gasteiger partial charge is 0.498 e. The Morgan fingerprint density at radius 2 is 1.79 bits per heavy atom. The van der Waals surface area contributed by atoms with Gasteiger partial charge in [-0.1, -0.05) is 0 Å². The summed E-state index contributed by atoms with van der Waals surface area (Å²) in [7, 11) is 1.16. The first-order valence-electron chi connectivity index (χ1n) is 8.24. The minimum absolute atomic E-state index is 0.407. The van der Waals surface area contributed by atoms with Crippen molar-refractivity contribution >= 4 is 23.4 Å². The Morgan fingerprint density at radius 3 is 2.38 bits per heavy atom. The van der Waals surface area contributed by atoms with Crippen LogP contribution in [0.2, 0.25) is 0 Å². The van der Waals surface area contributed by atoms with Crippen molar-refractivity contribution in [1.29, 1.82) is 0 Å². The molecule has 0 bridgehead atoms. The summed E-state index contributed by atoms with van der Waals surface area (Å²) in [6.45, 7) is 10.6. The zero-order valence-corrected chi connectivity index (χ0v) is 15.2. The van der Waals surface area contributed by atoms with Crippen molar-refractivity contribution in [1.82, 2.24) is 4.98 Å². The molecule has 1 saturated heterocycles. The van der Waals surface area contributed by atoms with Crippen molar-refractivity contribution in [2.24, 2.45) is 0 Å². The Morgan fingerprint density at radius 1 is 1.12 bits per heavy atom. The van der Waals surface area contributed by atoms with Crippen molar-refractivity contribution in [3.63, 3.8) is 0 Å². The molecule has 0 N–H and O–H groups in total. The summed E-state index contributed by atoms with van der Waals surface area (Å²) in [5, 5.41) is 1.93. The van der Waals surface area contributed by atoms with Gasteiger partial charge in [-0.3, -0.25) is 0 Å². The van der Waals surface area contributed by atoms with Crippen molar-refractivity contribution in [2.75, 3.05) is 13.7 Å². The predicted molar refractivity (Wildman–Crippen MR) is 95.2 cm³/mol. The second-order valence-electron chi connectivity index (χ2n) is 6.95. The van der Waals surface area contributed by atoms with E-state index in [-0.39, 0.29) is 0 Å². The molecule has 0 spiro atoms. The first-order valence-corrected chi connectivity index (χ1v) is 8.24. The molecule has 0 radical (unpaired) electrons. The Bertz CT molecular complexity index is 744. The van der Waals surface area contributed by atoms with Gasteiger partial charge < -0.3 is 18.8 Å². The van der Waals surface area contributed by atoms with Crippen molar-refractivity contribution < 1.29 is 18.8 Å². The molecule has 24 heavy (non-hydrogen) atoms. The van der Waals surface area contributed by atoms with E-state index in [1.807, 2.05) is 52.8 Å². The Balaban J connectivity index is 2.12. The Labute approximate surface area is 143 Å². The fourth-order valence-electron chi connectivity index (χ4n) is 2.77. The lowest BCUT2D eigenvalue weighted by molar-refractivity contribution is 0.00578. The number of fused-ring (bicyclic) bond motifs is 1. The van der Waals surface area contributed by atoms with Crippen LogP contribution in [0.15, 0.2) is 24.4 Å². The van der Waals surface area contributed by atoms with Crippen LogP contribution in [-0.4, -0.2) is 37.0 Å². The number of benzene rings is 1. The molecule has 1 aromatic carbocycles. The molecule has 0 atom stereocenters. The lowest BCUT2D eigenvalue weighted by Crippen LogP contribution is -2.41. The van der Waals surface area contributed by atoms with Gasteiger partial charge in [-0.05, 0) is 58.2 Å². The Kier molecular flexibility index (Phi) is 4.22. The highest BCUT2D eigenvalue weighted by Crippen LogP contribution is 2.38. The van der Waals surface area contributed by atoms with Crippen LogP contribution in [0, 0.1) is 0 Å². The van der Waals surface area contributed by atoms with Crippen molar-refractivity contribution in [3.8, 4) is 11.6 Å². The smallest absolute Gasteiger partial charge is 0.497 e. The Hall–Kier alpha value is -1.79. The van der Waals surface area contributed by atoms with Crippen molar-refractivity contribution in [2.45, 2.75) is 45.8 Å². The summed E-state index contributed by atoms with van der Waals surface area (Å²) in [5.41, 5.74) is 0.0302. The van der Waals surface area contributed by atoms with E-state index < -0.39 is 18.3 Å². The van der Waals surface area contributed by atoms with E-state index in [9.17, 15) is 0 Å². The van der Waals surface area contributed by atoms with E-state index in [1.165, 1.54) is 0 Å². The third kappa shape index (κ3) is 2.74. The topological polar surface area (TPSA) is 49.8 Å². The van der Waals surface area contributed by atoms with Gasteiger partial charge in [-0.25, -0.2) is 4.98 Å². The third-order valence-electron chi connectivity index (χ3n) is 4.87. The van der Waals surface area contributed by atoms with Crippen LogP contribution in [0.25, 0.3) is 10.8 Å². The SMILES string of the molecule is CCOc1nccc2cc(OC)c(B3OC(C)(C)C(C)(C)O3)cc12. The van der Waals surface area contributed by atoms with E-state index in [0.29, 0.717) is 12.5 Å². The molecule has 1 aliphatic heterocycles. The molecule has 5 nitrogen and oxygen atoms in total. The number of ether oxygens (including phenoxy) is 2. The molecule has 0 amide bonds. The molecule has 1 aliphatic rings. The molecular formula is C18H24BNO4. The van der Waals surface area contributed by atoms with Crippen LogP contribution in [0.1, 0.15) is 34.6 Å². The van der Waals surface area contributed by atoms with E-state index >= 15 is 0 Å². The van der Waals surface area contributed by atoms with Gasteiger partial charge in [-0.2, -0.15) is 0 Å². The maximum absolute atomic E-state index is 6.18. The van der Waals surface area contributed by atoms with Gasteiger partial charge >= 0.3 is 7.12 Å². The number of hydrogen-bond donors (Lipinski definition) is 0. The second-order valence-corrected chi connectivity index (χ2v) is 6.95. The van der Waals surface area contributed by atoms with E-state index in [2.05, 4.69) is 4.98 Å². The van der Waals surface area contributed by atoms with Crippen LogP contribution >= 0.6 is 0 Å². The average molecular weight is 329 g/mol. The van der Waals surface area contributed by atoms with Gasteiger partial charge in [0.05, 0.1) is 24.9 Å². The van der Waals surface area contributed by atoms with Gasteiger partial charge in [0.15, 0.2) is 0 Å². The molecule has 3 rings (SSSR count). The molecule has 0 saturated carbocycles. The van der Waals surface area contributed by atoms with E-state index in [4.69, 9.17) is 18.8 Å². The van der Waals surface area contributed by atoms with Gasteiger partial charge in [0, 0.05) is 17.0 Å². The molecule has 2 aromatic rings. The molecule has 1 aromatic heterocycles. The second kappa shape index (κ2) is 5.94. The summed E-state index contributed by atoms with van der Waals surface area (Å²) in [5.74, 6) is 1.34. The van der Waals surface area contributed by atoms with Gasteiger partial charge in [-0.15, -0.1) is 0 Å². The van der Waals surface area contributed by atoms with Crippen LogP contribution < -0.4 is 14.9 Å². The highest BCUT2D eigenvalue weighted by Gasteiger charge is 2.52. The van der Waals surface area contributed by atoms with Crippen LogP contribution in [0.4, 0.5) is 0 Å². The lowest BCUT2D eigenvalue weighted by Gasteiger charge is -2.32. The summed E-state index contributed by atoms with van der Waals surface area (Å²) >= 11 is 0. The summed E-state index contributed by atoms with van der Waals surface area (Å²) < 4.78 is 23.6. The standard InChI is InChI=1S/C18H24BNO4/c1-7-22-16-13-11-14(15(21-6)10-12(13)8-9-20-16)19-23-17(2,3)18(4,5)24-19/h8-11H,7H2,1-6H3. The van der Waals surface area contributed by atoms with Gasteiger partial charge in [0.1, 0.15) is 5.75 Å². The molecule has 128 valence electrons. The fraction of sp³-hybridized carbons (Fsp3) is 0.500. The molecule has 1 fully saturated rings. The lowest BCUT2D eigenvalue weighted by atomic mass is 9.77. The van der Waals surface area contributed by atoms with Crippen LogP contribution in [0.3, 0.4) is 0 Å². The molecular weight excluding hydrogens is 305 g/mol. The zero-order chi connectivity index (χ0) is 17.5. The summed E-state index contributed by atoms with van der Waals surface area (Å²) in [6.07, 6.45) is 1.74. The normalized spacial score (nSPS) is 18.8. The van der Waals surface area contributed by atoms with Crippen LogP contribution in [-0.2, 0) is 9.31 Å². The average Bonchev–Trinajstić information content (AvgIpc) is 2.74. The minimum atomic E-state index is -0.496. The number of hydrogen-bond acceptors (Lipinski definition) is 5. The number of aromatic nitrogens is 1.